The Labute approximate surface area is 267 Å². The van der Waals surface area contributed by atoms with E-state index in [0.29, 0.717) is 0 Å². The second-order valence-electron chi connectivity index (χ2n) is 11.7. The molecule has 45 heavy (non-hydrogen) atoms. The molecule has 0 aliphatic carbocycles. The Balaban J connectivity index is 1.25. The van der Waals surface area contributed by atoms with Gasteiger partial charge >= 0.3 is 0 Å². The van der Waals surface area contributed by atoms with Crippen molar-refractivity contribution < 1.29 is 0 Å². The summed E-state index contributed by atoms with van der Waals surface area (Å²) < 4.78 is 7.79. The van der Waals surface area contributed by atoms with Gasteiger partial charge in [-0.15, -0.1) is 22.7 Å². The molecule has 1 nitrogen and oxygen atoms in total. The molecule has 10 rings (SSSR count). The molecule has 10 aromatic rings. The van der Waals surface area contributed by atoms with Gasteiger partial charge in [-0.2, -0.15) is 0 Å². The van der Waals surface area contributed by atoms with Crippen LogP contribution in [0.2, 0.25) is 0 Å². The highest BCUT2D eigenvalue weighted by molar-refractivity contribution is 7.26. The van der Waals surface area contributed by atoms with Crippen LogP contribution < -0.4 is 0 Å². The third-order valence-corrected chi connectivity index (χ3v) is 11.6. The largest absolute Gasteiger partial charge is 0.309 e. The zero-order chi connectivity index (χ0) is 29.5. The third-order valence-electron chi connectivity index (χ3n) is 9.21. The van der Waals surface area contributed by atoms with E-state index in [1.807, 2.05) is 22.7 Å². The lowest BCUT2D eigenvalue weighted by atomic mass is 9.99. The lowest BCUT2D eigenvalue weighted by molar-refractivity contribution is 1.19. The van der Waals surface area contributed by atoms with E-state index in [1.54, 1.807) is 0 Å². The maximum Gasteiger partial charge on any atom is 0.0541 e. The summed E-state index contributed by atoms with van der Waals surface area (Å²) in [6, 6.07) is 55.9. The molecule has 0 fully saturated rings. The highest BCUT2D eigenvalue weighted by atomic mass is 32.1. The highest BCUT2D eigenvalue weighted by Crippen LogP contribution is 2.43. The van der Waals surface area contributed by atoms with Crippen LogP contribution in [-0.2, 0) is 0 Å². The molecule has 3 aromatic heterocycles. The summed E-state index contributed by atoms with van der Waals surface area (Å²) in [5.41, 5.74) is 8.66. The SMILES string of the molecule is c1ccc(-c2ccc3c(c2)c2cc(-c4cccc5c4sc4ccccc45)ccc2n3-c2ccc3c(c2)sc2ccccc23)cc1. The topological polar surface area (TPSA) is 4.93 Å². The van der Waals surface area contributed by atoms with Gasteiger partial charge in [0.1, 0.15) is 0 Å². The summed E-state index contributed by atoms with van der Waals surface area (Å²) in [5, 5.41) is 7.87. The lowest BCUT2D eigenvalue weighted by Gasteiger charge is -2.09. The fourth-order valence-electron chi connectivity index (χ4n) is 7.11. The van der Waals surface area contributed by atoms with Gasteiger partial charge in [0.2, 0.25) is 0 Å². The summed E-state index contributed by atoms with van der Waals surface area (Å²) in [4.78, 5) is 0. The van der Waals surface area contributed by atoms with Crippen LogP contribution >= 0.6 is 22.7 Å². The number of rotatable bonds is 3. The van der Waals surface area contributed by atoms with Crippen LogP contribution in [0.3, 0.4) is 0 Å². The molecule has 0 atom stereocenters. The number of hydrogen-bond donors (Lipinski definition) is 0. The van der Waals surface area contributed by atoms with Crippen LogP contribution in [0.4, 0.5) is 0 Å². The number of nitrogens with zero attached hydrogens (tertiary/aromatic N) is 1. The van der Waals surface area contributed by atoms with Gasteiger partial charge in [-0.1, -0.05) is 103 Å². The van der Waals surface area contributed by atoms with E-state index >= 15 is 0 Å². The molecule has 0 bridgehead atoms. The van der Waals surface area contributed by atoms with Crippen molar-refractivity contribution in [2.45, 2.75) is 0 Å². The zero-order valence-electron chi connectivity index (χ0n) is 24.2. The molecule has 0 N–H and O–H groups in total. The molecule has 0 radical (unpaired) electrons. The standard InChI is InChI=1S/C42H25NS2/c1-2-9-26(10-3-1)27-17-21-37-35(23-27)36-24-28(30-13-8-14-34-32-12-5-7-16-40(32)45-42(30)34)18-22-38(36)43(37)29-19-20-33-31-11-4-6-15-39(31)44-41(33)25-29/h1-25H. The summed E-state index contributed by atoms with van der Waals surface area (Å²) >= 11 is 3.77. The molecule has 0 saturated carbocycles. The van der Waals surface area contributed by atoms with Gasteiger partial charge in [-0.05, 0) is 70.8 Å². The Hall–Kier alpha value is -5.22. The van der Waals surface area contributed by atoms with Crippen molar-refractivity contribution in [1.29, 1.82) is 0 Å². The van der Waals surface area contributed by atoms with Crippen molar-refractivity contribution in [3.63, 3.8) is 0 Å². The third kappa shape index (κ3) is 3.78. The van der Waals surface area contributed by atoms with E-state index < -0.39 is 0 Å². The maximum atomic E-state index is 2.45. The van der Waals surface area contributed by atoms with Gasteiger partial charge in [-0.3, -0.25) is 0 Å². The van der Waals surface area contributed by atoms with Crippen molar-refractivity contribution in [2.24, 2.45) is 0 Å². The first kappa shape index (κ1) is 25.1. The van der Waals surface area contributed by atoms with E-state index in [9.17, 15) is 0 Å². The van der Waals surface area contributed by atoms with Crippen LogP contribution in [0.25, 0.3) is 90.1 Å². The maximum absolute atomic E-state index is 2.45. The molecule has 0 spiro atoms. The fourth-order valence-corrected chi connectivity index (χ4v) is 9.48. The number of fused-ring (bicyclic) bond motifs is 9. The van der Waals surface area contributed by atoms with Gasteiger partial charge in [0, 0.05) is 56.8 Å². The van der Waals surface area contributed by atoms with Crippen LogP contribution in [-0.4, -0.2) is 4.57 Å². The Kier molecular flexibility index (Phi) is 5.39. The summed E-state index contributed by atoms with van der Waals surface area (Å²) in [6.45, 7) is 0. The van der Waals surface area contributed by atoms with E-state index in [0.717, 1.165) is 0 Å². The molecular weight excluding hydrogens is 583 g/mol. The minimum absolute atomic E-state index is 1.20. The summed E-state index contributed by atoms with van der Waals surface area (Å²) in [6.07, 6.45) is 0. The average Bonchev–Trinajstić information content (AvgIpc) is 3.77. The summed E-state index contributed by atoms with van der Waals surface area (Å²) in [7, 11) is 0. The van der Waals surface area contributed by atoms with E-state index in [4.69, 9.17) is 0 Å². The first-order valence-corrected chi connectivity index (χ1v) is 16.9. The predicted octanol–water partition coefficient (Wildman–Crippen LogP) is 12.9. The minimum atomic E-state index is 1.20. The van der Waals surface area contributed by atoms with Crippen molar-refractivity contribution in [2.75, 3.05) is 0 Å². The normalized spacial score (nSPS) is 12.0. The van der Waals surface area contributed by atoms with Gasteiger partial charge in [0.15, 0.2) is 0 Å². The quantitative estimate of drug-likeness (QED) is 0.188. The molecular formula is C42H25NS2. The van der Waals surface area contributed by atoms with E-state index in [-0.39, 0.29) is 0 Å². The lowest BCUT2D eigenvalue weighted by Crippen LogP contribution is -1.93. The molecule has 3 heterocycles. The first-order valence-electron chi connectivity index (χ1n) is 15.3. The second-order valence-corrected chi connectivity index (χ2v) is 13.9. The zero-order valence-corrected chi connectivity index (χ0v) is 25.8. The Morgan fingerprint density at radius 2 is 0.978 bits per heavy atom. The smallest absolute Gasteiger partial charge is 0.0541 e. The highest BCUT2D eigenvalue weighted by Gasteiger charge is 2.17. The van der Waals surface area contributed by atoms with Gasteiger partial charge in [-0.25, -0.2) is 0 Å². The van der Waals surface area contributed by atoms with E-state index in [2.05, 4.69) is 156 Å². The Bertz CT molecular complexity index is 2760. The van der Waals surface area contributed by atoms with Crippen molar-refractivity contribution >= 4 is 84.8 Å². The molecule has 210 valence electrons. The fraction of sp³-hybridized carbons (Fsp3) is 0. The first-order chi connectivity index (χ1) is 22.3. The molecule has 3 heteroatoms. The molecule has 7 aromatic carbocycles. The van der Waals surface area contributed by atoms with Crippen LogP contribution in [0.15, 0.2) is 152 Å². The molecule has 0 unspecified atom stereocenters. The Morgan fingerprint density at radius 3 is 1.78 bits per heavy atom. The monoisotopic (exact) mass is 607 g/mol. The number of thiophene rings is 2. The van der Waals surface area contributed by atoms with Crippen molar-refractivity contribution in [3.8, 4) is 27.9 Å². The van der Waals surface area contributed by atoms with Gasteiger partial charge in [0.05, 0.1) is 11.0 Å². The van der Waals surface area contributed by atoms with Crippen LogP contribution in [0, 0.1) is 0 Å². The minimum Gasteiger partial charge on any atom is -0.309 e. The number of aromatic nitrogens is 1. The van der Waals surface area contributed by atoms with Crippen molar-refractivity contribution in [3.05, 3.63) is 152 Å². The van der Waals surface area contributed by atoms with E-state index in [1.165, 1.54) is 90.1 Å². The van der Waals surface area contributed by atoms with Gasteiger partial charge < -0.3 is 4.57 Å². The molecule has 0 aliphatic heterocycles. The second kappa shape index (κ2) is 9.64. The van der Waals surface area contributed by atoms with Crippen molar-refractivity contribution in [1.82, 2.24) is 4.57 Å². The molecule has 0 amide bonds. The summed E-state index contributed by atoms with van der Waals surface area (Å²) in [5.74, 6) is 0. The molecule has 0 aliphatic rings. The van der Waals surface area contributed by atoms with Gasteiger partial charge in [0.25, 0.3) is 0 Å². The average molecular weight is 608 g/mol. The number of benzene rings is 7. The Morgan fingerprint density at radius 1 is 0.356 bits per heavy atom. The van der Waals surface area contributed by atoms with Crippen LogP contribution in [0.5, 0.6) is 0 Å². The number of hydrogen-bond acceptors (Lipinski definition) is 2. The molecule has 0 saturated heterocycles. The van der Waals surface area contributed by atoms with Crippen LogP contribution in [0.1, 0.15) is 0 Å². The predicted molar refractivity (Wildman–Crippen MR) is 197 cm³/mol.